The zero-order valence-corrected chi connectivity index (χ0v) is 8.92. The summed E-state index contributed by atoms with van der Waals surface area (Å²) in [4.78, 5) is 0. The van der Waals surface area contributed by atoms with E-state index < -0.39 is 0 Å². The van der Waals surface area contributed by atoms with Gasteiger partial charge in [0.15, 0.2) is 0 Å². The standard InChI is InChI=1S/C13H19N/c1-2-13(14)12-9-5-7-10-6-3-4-8-11(10)12/h5,7,9,13H,2-4,6,8,14H2,1H3/t13-/m0/s1. The number of benzene rings is 1. The first-order valence-corrected chi connectivity index (χ1v) is 5.69. The molecular weight excluding hydrogens is 170 g/mol. The molecule has 14 heavy (non-hydrogen) atoms. The Kier molecular flexibility index (Phi) is 2.87. The zero-order chi connectivity index (χ0) is 9.97. The Hall–Kier alpha value is -0.820. The van der Waals surface area contributed by atoms with Crippen molar-refractivity contribution in [2.24, 2.45) is 5.73 Å². The summed E-state index contributed by atoms with van der Waals surface area (Å²) < 4.78 is 0. The average Bonchev–Trinajstić information content (AvgIpc) is 2.27. The topological polar surface area (TPSA) is 26.0 Å². The van der Waals surface area contributed by atoms with Crippen LogP contribution in [-0.4, -0.2) is 0 Å². The van der Waals surface area contributed by atoms with Crippen molar-refractivity contribution in [3.05, 3.63) is 34.9 Å². The Morgan fingerprint density at radius 1 is 1.29 bits per heavy atom. The van der Waals surface area contributed by atoms with Gasteiger partial charge in [0.05, 0.1) is 0 Å². The second-order valence-electron chi connectivity index (χ2n) is 4.21. The molecule has 1 nitrogen and oxygen atoms in total. The van der Waals surface area contributed by atoms with Gasteiger partial charge in [0, 0.05) is 6.04 Å². The summed E-state index contributed by atoms with van der Waals surface area (Å²) in [7, 11) is 0. The first kappa shape index (κ1) is 9.72. The van der Waals surface area contributed by atoms with E-state index in [4.69, 9.17) is 5.73 Å². The zero-order valence-electron chi connectivity index (χ0n) is 8.92. The highest BCUT2D eigenvalue weighted by molar-refractivity contribution is 5.38. The van der Waals surface area contributed by atoms with E-state index in [0.717, 1.165) is 6.42 Å². The van der Waals surface area contributed by atoms with E-state index in [2.05, 4.69) is 25.1 Å². The first-order chi connectivity index (χ1) is 6.83. The maximum atomic E-state index is 6.12. The van der Waals surface area contributed by atoms with Crippen LogP contribution in [0.4, 0.5) is 0 Å². The largest absolute Gasteiger partial charge is 0.324 e. The monoisotopic (exact) mass is 189 g/mol. The van der Waals surface area contributed by atoms with Crippen molar-refractivity contribution in [1.82, 2.24) is 0 Å². The predicted octanol–water partition coefficient (Wildman–Crippen LogP) is 2.98. The number of hydrogen-bond acceptors (Lipinski definition) is 1. The summed E-state index contributed by atoms with van der Waals surface area (Å²) in [5.74, 6) is 0. The van der Waals surface area contributed by atoms with Gasteiger partial charge in [-0.05, 0) is 48.8 Å². The molecule has 1 aliphatic rings. The van der Waals surface area contributed by atoms with Gasteiger partial charge in [0.1, 0.15) is 0 Å². The molecule has 0 aliphatic heterocycles. The third-order valence-electron chi connectivity index (χ3n) is 3.27. The van der Waals surface area contributed by atoms with E-state index in [0.29, 0.717) is 0 Å². The van der Waals surface area contributed by atoms with E-state index in [-0.39, 0.29) is 6.04 Å². The summed E-state index contributed by atoms with van der Waals surface area (Å²) in [6.07, 6.45) is 6.20. The fraction of sp³-hybridized carbons (Fsp3) is 0.538. The smallest absolute Gasteiger partial charge is 0.0295 e. The molecule has 0 unspecified atom stereocenters. The van der Waals surface area contributed by atoms with Crippen LogP contribution in [0.5, 0.6) is 0 Å². The number of hydrogen-bond donors (Lipinski definition) is 1. The molecule has 0 spiro atoms. The molecule has 1 aromatic carbocycles. The Labute approximate surface area is 86.3 Å². The first-order valence-electron chi connectivity index (χ1n) is 5.69. The molecule has 1 atom stereocenters. The molecular formula is C13H19N. The predicted molar refractivity (Wildman–Crippen MR) is 60.3 cm³/mol. The lowest BCUT2D eigenvalue weighted by atomic mass is 9.85. The lowest BCUT2D eigenvalue weighted by molar-refractivity contribution is 0.643. The van der Waals surface area contributed by atoms with Gasteiger partial charge in [0.25, 0.3) is 0 Å². The second kappa shape index (κ2) is 4.14. The molecule has 2 N–H and O–H groups in total. The van der Waals surface area contributed by atoms with Crippen molar-refractivity contribution in [1.29, 1.82) is 0 Å². The molecule has 0 heterocycles. The molecule has 0 saturated heterocycles. The summed E-state index contributed by atoms with van der Waals surface area (Å²) in [5.41, 5.74) is 10.6. The van der Waals surface area contributed by atoms with Crippen molar-refractivity contribution in [3.63, 3.8) is 0 Å². The molecule has 0 radical (unpaired) electrons. The molecule has 0 bridgehead atoms. The third-order valence-corrected chi connectivity index (χ3v) is 3.27. The van der Waals surface area contributed by atoms with Gasteiger partial charge in [0.2, 0.25) is 0 Å². The lowest BCUT2D eigenvalue weighted by Gasteiger charge is -2.22. The van der Waals surface area contributed by atoms with Crippen molar-refractivity contribution < 1.29 is 0 Å². The van der Waals surface area contributed by atoms with Gasteiger partial charge in [-0.3, -0.25) is 0 Å². The third kappa shape index (κ3) is 1.69. The van der Waals surface area contributed by atoms with E-state index in [1.807, 2.05) is 0 Å². The van der Waals surface area contributed by atoms with Gasteiger partial charge >= 0.3 is 0 Å². The highest BCUT2D eigenvalue weighted by atomic mass is 14.6. The van der Waals surface area contributed by atoms with Crippen molar-refractivity contribution >= 4 is 0 Å². The maximum absolute atomic E-state index is 6.12. The Balaban J connectivity index is 2.39. The van der Waals surface area contributed by atoms with Crippen LogP contribution in [0.2, 0.25) is 0 Å². The highest BCUT2D eigenvalue weighted by Gasteiger charge is 2.15. The summed E-state index contributed by atoms with van der Waals surface area (Å²) in [6, 6.07) is 6.87. The van der Waals surface area contributed by atoms with Crippen LogP contribution in [0.1, 0.15) is 48.9 Å². The van der Waals surface area contributed by atoms with Crippen LogP contribution in [0.25, 0.3) is 0 Å². The molecule has 1 heteroatoms. The van der Waals surface area contributed by atoms with Gasteiger partial charge < -0.3 is 5.73 Å². The van der Waals surface area contributed by atoms with Crippen molar-refractivity contribution in [3.8, 4) is 0 Å². The van der Waals surface area contributed by atoms with E-state index in [1.54, 1.807) is 5.56 Å². The second-order valence-corrected chi connectivity index (χ2v) is 4.21. The van der Waals surface area contributed by atoms with Gasteiger partial charge in [-0.15, -0.1) is 0 Å². The molecule has 0 saturated carbocycles. The van der Waals surface area contributed by atoms with Crippen LogP contribution in [0.15, 0.2) is 18.2 Å². The molecule has 1 aliphatic carbocycles. The van der Waals surface area contributed by atoms with Gasteiger partial charge in [-0.25, -0.2) is 0 Å². The van der Waals surface area contributed by atoms with Crippen LogP contribution in [0, 0.1) is 0 Å². The minimum Gasteiger partial charge on any atom is -0.324 e. The highest BCUT2D eigenvalue weighted by Crippen LogP contribution is 2.28. The quantitative estimate of drug-likeness (QED) is 0.760. The van der Waals surface area contributed by atoms with Crippen molar-refractivity contribution in [2.75, 3.05) is 0 Å². The van der Waals surface area contributed by atoms with Crippen molar-refractivity contribution in [2.45, 2.75) is 45.1 Å². The van der Waals surface area contributed by atoms with E-state index in [9.17, 15) is 0 Å². The fourth-order valence-electron chi connectivity index (χ4n) is 2.38. The normalized spacial score (nSPS) is 17.6. The minimum atomic E-state index is 0.239. The Bertz CT molecular complexity index is 317. The summed E-state index contributed by atoms with van der Waals surface area (Å²) in [5, 5.41) is 0. The SMILES string of the molecule is CC[C@H](N)c1cccc2c1CCCC2. The van der Waals surface area contributed by atoms with E-state index in [1.165, 1.54) is 36.8 Å². The lowest BCUT2D eigenvalue weighted by Crippen LogP contribution is -2.14. The maximum Gasteiger partial charge on any atom is 0.0295 e. The van der Waals surface area contributed by atoms with Crippen LogP contribution in [-0.2, 0) is 12.8 Å². The number of fused-ring (bicyclic) bond motifs is 1. The van der Waals surface area contributed by atoms with Crippen LogP contribution >= 0.6 is 0 Å². The molecule has 0 aromatic heterocycles. The summed E-state index contributed by atoms with van der Waals surface area (Å²) >= 11 is 0. The number of rotatable bonds is 2. The minimum absolute atomic E-state index is 0.239. The van der Waals surface area contributed by atoms with Gasteiger partial charge in [-0.1, -0.05) is 25.1 Å². The number of aryl methyl sites for hydroxylation is 1. The Morgan fingerprint density at radius 2 is 2.07 bits per heavy atom. The molecule has 2 rings (SSSR count). The molecule has 0 amide bonds. The van der Waals surface area contributed by atoms with Crippen LogP contribution in [0.3, 0.4) is 0 Å². The van der Waals surface area contributed by atoms with E-state index >= 15 is 0 Å². The number of nitrogens with two attached hydrogens (primary N) is 1. The Morgan fingerprint density at radius 3 is 2.86 bits per heavy atom. The molecule has 0 fully saturated rings. The fourth-order valence-corrected chi connectivity index (χ4v) is 2.38. The molecule has 76 valence electrons. The average molecular weight is 189 g/mol. The van der Waals surface area contributed by atoms with Crippen LogP contribution < -0.4 is 5.73 Å². The van der Waals surface area contributed by atoms with Gasteiger partial charge in [-0.2, -0.15) is 0 Å². The molecule has 1 aromatic rings. The summed E-state index contributed by atoms with van der Waals surface area (Å²) in [6.45, 7) is 2.16.